The zero-order valence-corrected chi connectivity index (χ0v) is 9.44. The Balaban J connectivity index is 2.08. The molecule has 1 N–H and O–H groups in total. The molecule has 0 aromatic carbocycles. The van der Waals surface area contributed by atoms with Crippen molar-refractivity contribution in [1.29, 1.82) is 0 Å². The molecular formula is C12H22N2O. The van der Waals surface area contributed by atoms with Crippen molar-refractivity contribution < 1.29 is 5.11 Å². The third-order valence-electron chi connectivity index (χ3n) is 2.77. The Labute approximate surface area is 92.5 Å². The molecule has 0 aromatic heterocycles. The maximum Gasteiger partial charge on any atom is 0.102 e. The Bertz CT molecular complexity index is 204. The van der Waals surface area contributed by atoms with E-state index in [4.69, 9.17) is 5.11 Å². The Morgan fingerprint density at radius 2 is 2.33 bits per heavy atom. The van der Waals surface area contributed by atoms with E-state index in [0.717, 1.165) is 25.9 Å². The van der Waals surface area contributed by atoms with Crippen LogP contribution >= 0.6 is 0 Å². The fourth-order valence-corrected chi connectivity index (χ4v) is 1.91. The molecule has 0 bridgehead atoms. The molecule has 0 saturated heterocycles. The van der Waals surface area contributed by atoms with Gasteiger partial charge in [-0.3, -0.25) is 9.89 Å². The van der Waals surface area contributed by atoms with Crippen molar-refractivity contribution in [2.75, 3.05) is 19.7 Å². The molecule has 0 radical (unpaired) electrons. The molecule has 0 aromatic rings. The van der Waals surface area contributed by atoms with Gasteiger partial charge in [0.15, 0.2) is 0 Å². The van der Waals surface area contributed by atoms with Crippen LogP contribution in [0.15, 0.2) is 17.6 Å². The van der Waals surface area contributed by atoms with E-state index in [9.17, 15) is 0 Å². The number of hydrogen-bond acceptors (Lipinski definition) is 3. The van der Waals surface area contributed by atoms with Crippen LogP contribution in [0, 0.1) is 0 Å². The Morgan fingerprint density at radius 3 is 3.07 bits per heavy atom. The summed E-state index contributed by atoms with van der Waals surface area (Å²) in [6, 6.07) is 0. The van der Waals surface area contributed by atoms with Crippen LogP contribution in [0.4, 0.5) is 0 Å². The molecule has 0 aliphatic carbocycles. The van der Waals surface area contributed by atoms with E-state index in [0.29, 0.717) is 6.17 Å². The fraction of sp³-hybridized carbons (Fsp3) is 0.750. The minimum atomic E-state index is 0.232. The number of aliphatic imine (C=N–C) groups is 1. The van der Waals surface area contributed by atoms with Gasteiger partial charge in [-0.2, -0.15) is 0 Å². The number of unbranched alkanes of at least 4 members (excludes halogenated alkanes) is 3. The Kier molecular flexibility index (Phi) is 6.28. The van der Waals surface area contributed by atoms with Crippen LogP contribution in [0.2, 0.25) is 0 Å². The highest BCUT2D eigenvalue weighted by Crippen LogP contribution is 2.14. The van der Waals surface area contributed by atoms with Crippen molar-refractivity contribution in [2.24, 2.45) is 4.99 Å². The van der Waals surface area contributed by atoms with Gasteiger partial charge in [-0.1, -0.05) is 12.5 Å². The summed E-state index contributed by atoms with van der Waals surface area (Å²) in [7, 11) is 0. The molecule has 1 unspecified atom stereocenters. The molecule has 0 amide bonds. The summed E-state index contributed by atoms with van der Waals surface area (Å²) >= 11 is 0. The number of β-amino-alcohol motifs (C(OH)–C–C–N with tert-alkyl or cyclic N) is 1. The van der Waals surface area contributed by atoms with Gasteiger partial charge in [-0.25, -0.2) is 0 Å². The lowest BCUT2D eigenvalue weighted by molar-refractivity contribution is 0.176. The highest BCUT2D eigenvalue weighted by atomic mass is 16.3. The number of nitrogens with zero attached hydrogens (tertiary/aromatic N) is 2. The zero-order chi connectivity index (χ0) is 10.9. The van der Waals surface area contributed by atoms with Gasteiger partial charge in [-0.05, 0) is 25.7 Å². The van der Waals surface area contributed by atoms with Crippen molar-refractivity contribution in [3.8, 4) is 0 Å². The minimum absolute atomic E-state index is 0.232. The van der Waals surface area contributed by atoms with Gasteiger partial charge in [0.05, 0.1) is 6.61 Å². The van der Waals surface area contributed by atoms with Crippen LogP contribution in [0.3, 0.4) is 0 Å². The summed E-state index contributed by atoms with van der Waals surface area (Å²) in [4.78, 5) is 6.65. The SMILES string of the molecule is C=CCCCCCC1N=CCN1CCO. The Hall–Kier alpha value is -0.670. The van der Waals surface area contributed by atoms with E-state index in [1.165, 1.54) is 19.3 Å². The molecule has 0 saturated carbocycles. The molecule has 3 heteroatoms. The van der Waals surface area contributed by atoms with Crippen LogP contribution in [0.1, 0.15) is 32.1 Å². The van der Waals surface area contributed by atoms with Crippen molar-refractivity contribution in [3.63, 3.8) is 0 Å². The van der Waals surface area contributed by atoms with Gasteiger partial charge >= 0.3 is 0 Å². The second kappa shape index (κ2) is 7.60. The molecule has 1 aliphatic rings. The van der Waals surface area contributed by atoms with Crippen molar-refractivity contribution in [1.82, 2.24) is 4.90 Å². The topological polar surface area (TPSA) is 35.8 Å². The number of aliphatic hydroxyl groups excluding tert-OH is 1. The molecule has 1 rings (SSSR count). The highest BCUT2D eigenvalue weighted by molar-refractivity contribution is 5.62. The summed E-state index contributed by atoms with van der Waals surface area (Å²) in [6.07, 6.45) is 10.2. The van der Waals surface area contributed by atoms with E-state index < -0.39 is 0 Å². The van der Waals surface area contributed by atoms with E-state index in [1.54, 1.807) is 0 Å². The second-order valence-electron chi connectivity index (χ2n) is 3.96. The first kappa shape index (κ1) is 12.4. The lowest BCUT2D eigenvalue weighted by atomic mass is 10.1. The predicted molar refractivity (Wildman–Crippen MR) is 64.2 cm³/mol. The third-order valence-corrected chi connectivity index (χ3v) is 2.77. The molecule has 3 nitrogen and oxygen atoms in total. The number of hydrogen-bond donors (Lipinski definition) is 1. The fourth-order valence-electron chi connectivity index (χ4n) is 1.91. The summed E-state index contributed by atoms with van der Waals surface area (Å²) in [5.41, 5.74) is 0. The van der Waals surface area contributed by atoms with Crippen LogP contribution in [0.25, 0.3) is 0 Å². The van der Waals surface area contributed by atoms with Crippen LogP contribution < -0.4 is 0 Å². The van der Waals surface area contributed by atoms with E-state index >= 15 is 0 Å². The van der Waals surface area contributed by atoms with Crippen molar-refractivity contribution in [2.45, 2.75) is 38.3 Å². The molecule has 1 aliphatic heterocycles. The zero-order valence-electron chi connectivity index (χ0n) is 9.44. The molecule has 86 valence electrons. The normalized spacial score (nSPS) is 21.0. The summed E-state index contributed by atoms with van der Waals surface area (Å²) in [5, 5.41) is 8.88. The lowest BCUT2D eigenvalue weighted by Crippen LogP contribution is -2.32. The van der Waals surface area contributed by atoms with Crippen LogP contribution in [-0.4, -0.2) is 42.1 Å². The first-order valence-electron chi connectivity index (χ1n) is 5.86. The molecule has 15 heavy (non-hydrogen) atoms. The smallest absolute Gasteiger partial charge is 0.102 e. The van der Waals surface area contributed by atoms with Gasteiger partial charge in [0, 0.05) is 19.3 Å². The first-order chi connectivity index (χ1) is 7.38. The lowest BCUT2D eigenvalue weighted by Gasteiger charge is -2.21. The van der Waals surface area contributed by atoms with Gasteiger partial charge in [-0.15, -0.1) is 6.58 Å². The van der Waals surface area contributed by atoms with Gasteiger partial charge in [0.25, 0.3) is 0 Å². The minimum Gasteiger partial charge on any atom is -0.395 e. The summed E-state index contributed by atoms with van der Waals surface area (Å²) in [6.45, 7) is 5.59. The van der Waals surface area contributed by atoms with Gasteiger partial charge < -0.3 is 5.11 Å². The van der Waals surface area contributed by atoms with E-state index in [2.05, 4.69) is 16.5 Å². The van der Waals surface area contributed by atoms with Crippen molar-refractivity contribution in [3.05, 3.63) is 12.7 Å². The van der Waals surface area contributed by atoms with Crippen LogP contribution in [0.5, 0.6) is 0 Å². The first-order valence-corrected chi connectivity index (χ1v) is 5.86. The molecular weight excluding hydrogens is 188 g/mol. The third kappa shape index (κ3) is 4.58. The van der Waals surface area contributed by atoms with Crippen molar-refractivity contribution >= 4 is 6.21 Å². The maximum absolute atomic E-state index is 8.88. The second-order valence-corrected chi connectivity index (χ2v) is 3.96. The number of aliphatic hydroxyl groups is 1. The number of rotatable bonds is 8. The average molecular weight is 210 g/mol. The standard InChI is InChI=1S/C12H22N2O/c1-2-3-4-5-6-7-12-13-8-9-14(12)10-11-15/h2,8,12,15H,1,3-7,9-11H2. The molecule has 0 spiro atoms. The predicted octanol–water partition coefficient (Wildman–Crippen LogP) is 1.83. The van der Waals surface area contributed by atoms with E-state index in [1.807, 2.05) is 12.3 Å². The highest BCUT2D eigenvalue weighted by Gasteiger charge is 2.19. The number of allylic oxidation sites excluding steroid dienone is 1. The monoisotopic (exact) mass is 210 g/mol. The van der Waals surface area contributed by atoms with Crippen LogP contribution in [-0.2, 0) is 0 Å². The van der Waals surface area contributed by atoms with Gasteiger partial charge in [0.2, 0.25) is 0 Å². The molecule has 1 atom stereocenters. The quantitative estimate of drug-likeness (QED) is 0.490. The summed E-state index contributed by atoms with van der Waals surface area (Å²) in [5.74, 6) is 0. The Morgan fingerprint density at radius 1 is 1.47 bits per heavy atom. The summed E-state index contributed by atoms with van der Waals surface area (Å²) < 4.78 is 0. The van der Waals surface area contributed by atoms with E-state index in [-0.39, 0.29) is 6.61 Å². The largest absolute Gasteiger partial charge is 0.395 e. The molecule has 0 fully saturated rings. The molecule has 1 heterocycles. The maximum atomic E-state index is 8.88. The average Bonchev–Trinajstić information content (AvgIpc) is 2.66. The van der Waals surface area contributed by atoms with Gasteiger partial charge in [0.1, 0.15) is 6.17 Å².